The second-order valence-electron chi connectivity index (χ2n) is 8.42. The van der Waals surface area contributed by atoms with Gasteiger partial charge in [0.15, 0.2) is 0 Å². The van der Waals surface area contributed by atoms with Crippen molar-refractivity contribution in [2.75, 3.05) is 25.9 Å². The molecule has 0 radical (unpaired) electrons. The minimum atomic E-state index is -3.41. The Hall–Kier alpha value is -1.68. The summed E-state index contributed by atoms with van der Waals surface area (Å²) in [5.41, 5.74) is -0.314. The third-order valence-corrected chi connectivity index (χ3v) is 6.87. The second kappa shape index (κ2) is 7.98. The van der Waals surface area contributed by atoms with Crippen LogP contribution in [0, 0.1) is 11.8 Å². The Labute approximate surface area is 166 Å². The summed E-state index contributed by atoms with van der Waals surface area (Å²) in [6.45, 7) is 2.52. The van der Waals surface area contributed by atoms with Gasteiger partial charge in [-0.1, -0.05) is 6.42 Å². The molecular weight excluding hydrogens is 384 g/mol. The van der Waals surface area contributed by atoms with E-state index < -0.39 is 16.1 Å². The highest BCUT2D eigenvalue weighted by Crippen LogP contribution is 2.46. The molecule has 10 heteroatoms. The third-order valence-electron chi connectivity index (χ3n) is 6.20. The molecule has 0 spiro atoms. The lowest BCUT2D eigenvalue weighted by atomic mass is 9.84. The number of nitrogens with one attached hydrogen (secondary N) is 3. The van der Waals surface area contributed by atoms with Crippen LogP contribution in [0.25, 0.3) is 0 Å². The van der Waals surface area contributed by atoms with E-state index in [2.05, 4.69) is 15.4 Å². The molecule has 3 amide bonds. The average Bonchev–Trinajstić information content (AvgIpc) is 3.15. The molecule has 0 aromatic rings. The van der Waals surface area contributed by atoms with Gasteiger partial charge in [-0.25, -0.2) is 13.1 Å². The van der Waals surface area contributed by atoms with Gasteiger partial charge in [-0.2, -0.15) is 0 Å². The molecule has 28 heavy (non-hydrogen) atoms. The van der Waals surface area contributed by atoms with Crippen molar-refractivity contribution in [1.29, 1.82) is 0 Å². The maximum absolute atomic E-state index is 12.6. The molecule has 158 valence electrons. The summed E-state index contributed by atoms with van der Waals surface area (Å²) in [6, 6.07) is -0.580. The minimum absolute atomic E-state index is 0.0417. The molecule has 3 fully saturated rings. The fourth-order valence-corrected chi connectivity index (χ4v) is 4.32. The van der Waals surface area contributed by atoms with E-state index in [0.29, 0.717) is 13.1 Å². The van der Waals surface area contributed by atoms with Crippen LogP contribution in [-0.4, -0.2) is 68.5 Å². The Balaban J connectivity index is 1.48. The topological polar surface area (TPSA) is 125 Å². The summed E-state index contributed by atoms with van der Waals surface area (Å²) in [5.74, 6) is -0.298. The standard InChI is InChI=1S/C18H30N4O5S/c1-12(20-17(25)13-4-3-5-13)16(24)21-18(7-8-18)14-6-9-22(11-14)15(23)10-19-28(2,26)27/h12-14,19H,3-11H2,1-2H3,(H,20,25)(H,21,24). The second-order valence-corrected chi connectivity index (χ2v) is 10.3. The molecule has 0 aromatic heterocycles. The van der Waals surface area contributed by atoms with Crippen molar-refractivity contribution < 1.29 is 22.8 Å². The van der Waals surface area contributed by atoms with E-state index >= 15 is 0 Å². The van der Waals surface area contributed by atoms with E-state index in [9.17, 15) is 22.8 Å². The number of nitrogens with zero attached hydrogens (tertiary/aromatic N) is 1. The average molecular weight is 415 g/mol. The monoisotopic (exact) mass is 414 g/mol. The SMILES string of the molecule is CC(NC(=O)C1CCC1)C(=O)NC1(C2CCN(C(=O)CNS(C)(=O)=O)C2)CC1. The molecule has 2 aliphatic carbocycles. The van der Waals surface area contributed by atoms with Gasteiger partial charge in [0, 0.05) is 30.5 Å². The van der Waals surface area contributed by atoms with E-state index in [1.165, 1.54) is 0 Å². The molecule has 2 atom stereocenters. The fraction of sp³-hybridized carbons (Fsp3) is 0.833. The summed E-state index contributed by atoms with van der Waals surface area (Å²) in [4.78, 5) is 38.5. The van der Waals surface area contributed by atoms with Crippen LogP contribution in [0.5, 0.6) is 0 Å². The van der Waals surface area contributed by atoms with Crippen molar-refractivity contribution in [2.45, 2.75) is 57.0 Å². The van der Waals surface area contributed by atoms with Crippen molar-refractivity contribution in [2.24, 2.45) is 11.8 Å². The van der Waals surface area contributed by atoms with Crippen molar-refractivity contribution >= 4 is 27.7 Å². The largest absolute Gasteiger partial charge is 0.349 e. The number of amides is 3. The Morgan fingerprint density at radius 1 is 1.18 bits per heavy atom. The molecule has 3 N–H and O–H groups in total. The molecule has 1 saturated heterocycles. The molecule has 1 aliphatic heterocycles. The summed E-state index contributed by atoms with van der Waals surface area (Å²) in [7, 11) is -3.41. The van der Waals surface area contributed by atoms with Gasteiger partial charge in [0.25, 0.3) is 0 Å². The lowest BCUT2D eigenvalue weighted by Crippen LogP contribution is -2.53. The predicted molar refractivity (Wildman–Crippen MR) is 103 cm³/mol. The maximum atomic E-state index is 12.6. The summed E-state index contributed by atoms with van der Waals surface area (Å²) in [5, 5.41) is 5.90. The molecule has 2 unspecified atom stereocenters. The molecule has 3 aliphatic rings. The van der Waals surface area contributed by atoms with Crippen LogP contribution in [0.1, 0.15) is 45.4 Å². The number of hydrogen-bond donors (Lipinski definition) is 3. The first kappa shape index (κ1) is 21.0. The van der Waals surface area contributed by atoms with Crippen LogP contribution >= 0.6 is 0 Å². The first-order valence-corrected chi connectivity index (χ1v) is 11.8. The Morgan fingerprint density at radius 3 is 2.39 bits per heavy atom. The minimum Gasteiger partial charge on any atom is -0.349 e. The molecule has 0 bridgehead atoms. The van der Waals surface area contributed by atoms with Crippen LogP contribution in [-0.2, 0) is 24.4 Å². The van der Waals surface area contributed by atoms with Crippen LogP contribution in [0.4, 0.5) is 0 Å². The summed E-state index contributed by atoms with van der Waals surface area (Å²) in [6.07, 6.45) is 6.36. The zero-order chi connectivity index (χ0) is 20.5. The van der Waals surface area contributed by atoms with Crippen LogP contribution in [0.2, 0.25) is 0 Å². The summed E-state index contributed by atoms with van der Waals surface area (Å²) >= 11 is 0. The fourth-order valence-electron chi connectivity index (χ4n) is 3.93. The first-order valence-electron chi connectivity index (χ1n) is 9.94. The van der Waals surface area contributed by atoms with Gasteiger partial charge in [0.05, 0.1) is 12.8 Å². The van der Waals surface area contributed by atoms with Gasteiger partial charge in [0.1, 0.15) is 6.04 Å². The third kappa shape index (κ3) is 5.02. The number of rotatable bonds is 8. The van der Waals surface area contributed by atoms with Crippen LogP contribution in [0.3, 0.4) is 0 Å². The van der Waals surface area contributed by atoms with Gasteiger partial charge in [-0.15, -0.1) is 0 Å². The van der Waals surface area contributed by atoms with Gasteiger partial charge in [-0.05, 0) is 39.0 Å². The number of hydrogen-bond acceptors (Lipinski definition) is 5. The van der Waals surface area contributed by atoms with E-state index in [1.807, 2.05) is 0 Å². The van der Waals surface area contributed by atoms with E-state index in [4.69, 9.17) is 0 Å². The molecule has 2 saturated carbocycles. The highest BCUT2D eigenvalue weighted by atomic mass is 32.2. The van der Waals surface area contributed by atoms with E-state index in [-0.39, 0.29) is 41.6 Å². The maximum Gasteiger partial charge on any atom is 0.242 e. The number of carbonyl (C=O) groups is 3. The van der Waals surface area contributed by atoms with Crippen molar-refractivity contribution in [3.8, 4) is 0 Å². The lowest BCUT2D eigenvalue weighted by molar-refractivity contribution is -0.133. The van der Waals surface area contributed by atoms with E-state index in [0.717, 1.165) is 44.8 Å². The van der Waals surface area contributed by atoms with Crippen molar-refractivity contribution in [3.63, 3.8) is 0 Å². The normalized spacial score (nSPS) is 24.9. The molecule has 0 aromatic carbocycles. The Bertz CT molecular complexity index is 745. The first-order chi connectivity index (χ1) is 13.1. The predicted octanol–water partition coefficient (Wildman–Crippen LogP) is -0.662. The van der Waals surface area contributed by atoms with Gasteiger partial charge >= 0.3 is 0 Å². The number of likely N-dealkylation sites (tertiary alicyclic amines) is 1. The lowest BCUT2D eigenvalue weighted by Gasteiger charge is -2.28. The number of sulfonamides is 1. The number of carbonyl (C=O) groups excluding carboxylic acids is 3. The highest BCUT2D eigenvalue weighted by molar-refractivity contribution is 7.88. The van der Waals surface area contributed by atoms with Crippen LogP contribution in [0.15, 0.2) is 0 Å². The van der Waals surface area contributed by atoms with Gasteiger partial charge in [-0.3, -0.25) is 14.4 Å². The zero-order valence-electron chi connectivity index (χ0n) is 16.5. The molecule has 3 rings (SSSR count). The summed E-state index contributed by atoms with van der Waals surface area (Å²) < 4.78 is 24.5. The van der Waals surface area contributed by atoms with E-state index in [1.54, 1.807) is 11.8 Å². The Morgan fingerprint density at radius 2 is 1.86 bits per heavy atom. The van der Waals surface area contributed by atoms with Gasteiger partial charge in [0.2, 0.25) is 27.7 Å². The molecular formula is C18H30N4O5S. The molecule has 9 nitrogen and oxygen atoms in total. The van der Waals surface area contributed by atoms with Crippen molar-refractivity contribution in [1.82, 2.24) is 20.3 Å². The zero-order valence-corrected chi connectivity index (χ0v) is 17.3. The Kier molecular flexibility index (Phi) is 6.00. The smallest absolute Gasteiger partial charge is 0.242 e. The molecule has 1 heterocycles. The van der Waals surface area contributed by atoms with Gasteiger partial charge < -0.3 is 15.5 Å². The van der Waals surface area contributed by atoms with Crippen LogP contribution < -0.4 is 15.4 Å². The quantitative estimate of drug-likeness (QED) is 0.486. The van der Waals surface area contributed by atoms with Crippen molar-refractivity contribution in [3.05, 3.63) is 0 Å². The highest BCUT2D eigenvalue weighted by Gasteiger charge is 2.53.